The summed E-state index contributed by atoms with van der Waals surface area (Å²) in [4.78, 5) is 15.0. The zero-order chi connectivity index (χ0) is 14.7. The van der Waals surface area contributed by atoms with E-state index in [0.29, 0.717) is 5.91 Å². The smallest absolute Gasteiger partial charge is 0.226 e. The summed E-state index contributed by atoms with van der Waals surface area (Å²) >= 11 is 7.91. The molecule has 0 aromatic heterocycles. The number of hydrogen-bond acceptors (Lipinski definition) is 3. The minimum atomic E-state index is 0. The van der Waals surface area contributed by atoms with Gasteiger partial charge in [0.15, 0.2) is 0 Å². The third-order valence-electron chi connectivity index (χ3n) is 4.35. The highest BCUT2D eigenvalue weighted by Crippen LogP contribution is 2.32. The van der Waals surface area contributed by atoms with Gasteiger partial charge in [0.1, 0.15) is 0 Å². The van der Waals surface area contributed by atoms with Gasteiger partial charge in [-0.25, -0.2) is 0 Å². The Kier molecular flexibility index (Phi) is 6.87. The number of thioether (sulfide) groups is 1. The first-order valence-electron chi connectivity index (χ1n) is 7.60. The zero-order valence-corrected chi connectivity index (χ0v) is 14.9. The van der Waals surface area contributed by atoms with Crippen LogP contribution in [0.1, 0.15) is 24.4 Å². The molecular weight excluding hydrogens is 339 g/mol. The molecule has 1 atom stereocenters. The SMILES string of the molecule is Cl.O=C(C1CCNCC1)N1CCSCC1c1ccc(Cl)cc1. The molecule has 2 aliphatic heterocycles. The van der Waals surface area contributed by atoms with Gasteiger partial charge in [-0.1, -0.05) is 23.7 Å². The maximum Gasteiger partial charge on any atom is 0.226 e. The van der Waals surface area contributed by atoms with Crippen molar-refractivity contribution in [2.24, 2.45) is 5.92 Å². The second-order valence-corrected chi connectivity index (χ2v) is 7.28. The van der Waals surface area contributed by atoms with Crippen LogP contribution >= 0.6 is 35.8 Å². The fourth-order valence-electron chi connectivity index (χ4n) is 3.13. The monoisotopic (exact) mass is 360 g/mol. The Morgan fingerprint density at radius 3 is 2.59 bits per heavy atom. The number of benzene rings is 1. The van der Waals surface area contributed by atoms with Crippen LogP contribution in [0.25, 0.3) is 0 Å². The molecular formula is C16H22Cl2N2OS. The molecule has 3 nitrogen and oxygen atoms in total. The number of hydrogen-bond donors (Lipinski definition) is 1. The molecule has 0 saturated carbocycles. The minimum absolute atomic E-state index is 0. The average Bonchev–Trinajstić information content (AvgIpc) is 2.56. The first kappa shape index (κ1) is 17.9. The molecule has 1 amide bonds. The van der Waals surface area contributed by atoms with Crippen LogP contribution in [-0.2, 0) is 4.79 Å². The first-order chi connectivity index (χ1) is 10.3. The zero-order valence-electron chi connectivity index (χ0n) is 12.5. The predicted octanol–water partition coefficient (Wildman–Crippen LogP) is 3.38. The van der Waals surface area contributed by atoms with E-state index in [-0.39, 0.29) is 24.4 Å². The van der Waals surface area contributed by atoms with Crippen molar-refractivity contribution in [2.45, 2.75) is 18.9 Å². The van der Waals surface area contributed by atoms with Gasteiger partial charge in [0.05, 0.1) is 6.04 Å². The summed E-state index contributed by atoms with van der Waals surface area (Å²) in [5.74, 6) is 2.57. The molecule has 2 fully saturated rings. The second kappa shape index (κ2) is 8.44. The summed E-state index contributed by atoms with van der Waals surface area (Å²) in [5, 5.41) is 4.08. The van der Waals surface area contributed by atoms with Crippen molar-refractivity contribution >= 4 is 41.7 Å². The maximum atomic E-state index is 12.9. The fraction of sp³-hybridized carbons (Fsp3) is 0.562. The van der Waals surface area contributed by atoms with Gasteiger partial charge in [0, 0.05) is 29.0 Å². The number of nitrogens with zero attached hydrogens (tertiary/aromatic N) is 1. The molecule has 2 saturated heterocycles. The third kappa shape index (κ3) is 4.10. The Labute approximate surface area is 147 Å². The summed E-state index contributed by atoms with van der Waals surface area (Å²) in [5.41, 5.74) is 1.20. The van der Waals surface area contributed by atoms with Crippen molar-refractivity contribution in [1.29, 1.82) is 0 Å². The van der Waals surface area contributed by atoms with Gasteiger partial charge < -0.3 is 10.2 Å². The van der Waals surface area contributed by atoms with Crippen molar-refractivity contribution < 1.29 is 4.79 Å². The summed E-state index contributed by atoms with van der Waals surface area (Å²) < 4.78 is 0. The Morgan fingerprint density at radius 2 is 1.91 bits per heavy atom. The van der Waals surface area contributed by atoms with Gasteiger partial charge >= 0.3 is 0 Å². The number of carbonyl (C=O) groups is 1. The molecule has 1 aromatic rings. The van der Waals surface area contributed by atoms with Crippen molar-refractivity contribution in [1.82, 2.24) is 10.2 Å². The minimum Gasteiger partial charge on any atom is -0.334 e. The predicted molar refractivity (Wildman–Crippen MR) is 96.1 cm³/mol. The Balaban J connectivity index is 0.00000176. The van der Waals surface area contributed by atoms with Crippen LogP contribution in [0.2, 0.25) is 5.02 Å². The molecule has 1 N–H and O–H groups in total. The van der Waals surface area contributed by atoms with E-state index in [1.54, 1.807) is 0 Å². The molecule has 22 heavy (non-hydrogen) atoms. The van der Waals surface area contributed by atoms with E-state index in [1.807, 2.05) is 23.9 Å². The van der Waals surface area contributed by atoms with Gasteiger partial charge in [-0.2, -0.15) is 11.8 Å². The molecule has 0 bridgehead atoms. The summed E-state index contributed by atoms with van der Waals surface area (Å²) in [6, 6.07) is 8.15. The lowest BCUT2D eigenvalue weighted by atomic mass is 9.95. The topological polar surface area (TPSA) is 32.3 Å². The molecule has 2 heterocycles. The van der Waals surface area contributed by atoms with Gasteiger partial charge in [0.25, 0.3) is 0 Å². The van der Waals surface area contributed by atoms with Gasteiger partial charge in [-0.15, -0.1) is 12.4 Å². The van der Waals surface area contributed by atoms with E-state index >= 15 is 0 Å². The number of rotatable bonds is 2. The highest BCUT2D eigenvalue weighted by atomic mass is 35.5. The van der Waals surface area contributed by atoms with Crippen LogP contribution in [0.15, 0.2) is 24.3 Å². The number of carbonyl (C=O) groups excluding carboxylic acids is 1. The standard InChI is InChI=1S/C16H21ClN2OS.ClH/c17-14-3-1-12(2-4-14)15-11-21-10-9-19(15)16(20)13-5-7-18-8-6-13;/h1-4,13,15,18H,5-11H2;1H. The van der Waals surface area contributed by atoms with E-state index in [0.717, 1.165) is 49.0 Å². The van der Waals surface area contributed by atoms with Crippen molar-refractivity contribution in [3.05, 3.63) is 34.9 Å². The van der Waals surface area contributed by atoms with Crippen LogP contribution in [0.3, 0.4) is 0 Å². The molecule has 0 radical (unpaired) electrons. The van der Waals surface area contributed by atoms with E-state index < -0.39 is 0 Å². The highest BCUT2D eigenvalue weighted by Gasteiger charge is 2.33. The molecule has 122 valence electrons. The van der Waals surface area contributed by atoms with E-state index in [2.05, 4.69) is 22.3 Å². The van der Waals surface area contributed by atoms with E-state index in [9.17, 15) is 4.79 Å². The molecule has 1 unspecified atom stereocenters. The van der Waals surface area contributed by atoms with Crippen LogP contribution in [-0.4, -0.2) is 41.9 Å². The lowest BCUT2D eigenvalue weighted by Gasteiger charge is -2.38. The number of halogens is 2. The molecule has 2 aliphatic rings. The van der Waals surface area contributed by atoms with Gasteiger partial charge in [-0.05, 0) is 43.6 Å². The van der Waals surface area contributed by atoms with Crippen LogP contribution in [0, 0.1) is 5.92 Å². The molecule has 1 aromatic carbocycles. The summed E-state index contributed by atoms with van der Waals surface area (Å²) in [6.45, 7) is 2.79. The maximum absolute atomic E-state index is 12.9. The normalized spacial score (nSPS) is 23.0. The number of piperidine rings is 1. The summed E-state index contributed by atoms with van der Waals surface area (Å²) in [6.07, 6.45) is 1.94. The van der Waals surface area contributed by atoms with E-state index in [4.69, 9.17) is 11.6 Å². The van der Waals surface area contributed by atoms with E-state index in [1.165, 1.54) is 5.56 Å². The molecule has 6 heteroatoms. The second-order valence-electron chi connectivity index (χ2n) is 5.70. The van der Waals surface area contributed by atoms with Crippen molar-refractivity contribution in [3.8, 4) is 0 Å². The van der Waals surface area contributed by atoms with Gasteiger partial charge in [-0.3, -0.25) is 4.79 Å². The average molecular weight is 361 g/mol. The van der Waals surface area contributed by atoms with Crippen molar-refractivity contribution in [2.75, 3.05) is 31.1 Å². The largest absolute Gasteiger partial charge is 0.334 e. The molecule has 0 aliphatic carbocycles. The Bertz CT molecular complexity index is 491. The summed E-state index contributed by atoms with van der Waals surface area (Å²) in [7, 11) is 0. The van der Waals surface area contributed by atoms with Crippen LogP contribution in [0.5, 0.6) is 0 Å². The third-order valence-corrected chi connectivity index (χ3v) is 5.63. The Hall–Kier alpha value is -0.420. The Morgan fingerprint density at radius 1 is 1.23 bits per heavy atom. The van der Waals surface area contributed by atoms with Gasteiger partial charge in [0.2, 0.25) is 5.91 Å². The van der Waals surface area contributed by atoms with Crippen LogP contribution < -0.4 is 5.32 Å². The fourth-order valence-corrected chi connectivity index (χ4v) is 4.35. The van der Waals surface area contributed by atoms with Crippen LogP contribution in [0.4, 0.5) is 0 Å². The number of amides is 1. The quantitative estimate of drug-likeness (QED) is 0.877. The van der Waals surface area contributed by atoms with Crippen molar-refractivity contribution in [3.63, 3.8) is 0 Å². The highest BCUT2D eigenvalue weighted by molar-refractivity contribution is 7.99. The lowest BCUT2D eigenvalue weighted by Crippen LogP contribution is -2.46. The lowest BCUT2D eigenvalue weighted by molar-refractivity contribution is -0.138. The first-order valence-corrected chi connectivity index (χ1v) is 9.13. The number of nitrogens with one attached hydrogen (secondary N) is 1. The molecule has 0 spiro atoms. The molecule has 3 rings (SSSR count).